The molecule has 124 valence electrons. The Labute approximate surface area is 143 Å². The van der Waals surface area contributed by atoms with Crippen molar-refractivity contribution in [1.82, 2.24) is 5.32 Å². The zero-order valence-electron chi connectivity index (χ0n) is 13.6. The van der Waals surface area contributed by atoms with Crippen molar-refractivity contribution in [1.29, 1.82) is 0 Å². The molecule has 2 rings (SSSR count). The van der Waals surface area contributed by atoms with Gasteiger partial charge in [0.1, 0.15) is 12.4 Å². The van der Waals surface area contributed by atoms with Gasteiger partial charge in [0.2, 0.25) is 0 Å². The molecule has 0 heterocycles. The third-order valence-electron chi connectivity index (χ3n) is 3.42. The van der Waals surface area contributed by atoms with Gasteiger partial charge in [0.05, 0.1) is 0 Å². The highest BCUT2D eigenvalue weighted by Gasteiger charge is 2.03. The lowest BCUT2D eigenvalue weighted by atomic mass is 10.2. The fourth-order valence-corrected chi connectivity index (χ4v) is 2.46. The molecule has 2 aromatic rings. The number of rotatable bonds is 10. The monoisotopic (exact) mass is 333 g/mol. The summed E-state index contributed by atoms with van der Waals surface area (Å²) < 4.78 is 11.3. The van der Waals surface area contributed by atoms with Crippen molar-refractivity contribution in [3.63, 3.8) is 0 Å². The Hall–Kier alpha value is -1.55. The van der Waals surface area contributed by atoms with E-state index in [0.29, 0.717) is 6.61 Å². The van der Waals surface area contributed by atoms with Crippen LogP contribution in [-0.4, -0.2) is 19.8 Å². The highest BCUT2D eigenvalue weighted by Crippen LogP contribution is 2.20. The van der Waals surface area contributed by atoms with E-state index in [9.17, 15) is 0 Å². The summed E-state index contributed by atoms with van der Waals surface area (Å²) in [4.78, 5) is 0. The number of ether oxygens (including phenoxy) is 2. The molecule has 1 N–H and O–H groups in total. The van der Waals surface area contributed by atoms with Crippen LogP contribution in [0.4, 0.5) is 0 Å². The van der Waals surface area contributed by atoms with Gasteiger partial charge in [-0.15, -0.1) is 0 Å². The molecule has 0 saturated heterocycles. The maximum Gasteiger partial charge on any atom is 0.124 e. The average Bonchev–Trinajstić information content (AvgIpc) is 2.57. The molecule has 0 unspecified atom stereocenters. The average molecular weight is 334 g/mol. The van der Waals surface area contributed by atoms with E-state index in [1.54, 1.807) is 0 Å². The Morgan fingerprint density at radius 3 is 2.78 bits per heavy atom. The zero-order valence-corrected chi connectivity index (χ0v) is 14.3. The van der Waals surface area contributed by atoms with E-state index >= 15 is 0 Å². The minimum atomic E-state index is 0.516. The minimum Gasteiger partial charge on any atom is -0.489 e. The first-order valence-electron chi connectivity index (χ1n) is 8.03. The lowest BCUT2D eigenvalue weighted by molar-refractivity contribution is 0.144. The molecule has 0 aliphatic heterocycles. The molecule has 0 aliphatic carbocycles. The summed E-state index contributed by atoms with van der Waals surface area (Å²) in [5.41, 5.74) is 2.22. The molecular formula is C19H24ClNO2. The van der Waals surface area contributed by atoms with Gasteiger partial charge in [-0.2, -0.15) is 0 Å². The molecule has 2 aromatic carbocycles. The molecule has 4 heteroatoms. The maximum absolute atomic E-state index is 6.00. The van der Waals surface area contributed by atoms with Crippen LogP contribution >= 0.6 is 11.6 Å². The van der Waals surface area contributed by atoms with Crippen LogP contribution in [-0.2, 0) is 17.9 Å². The molecule has 23 heavy (non-hydrogen) atoms. The standard InChI is InChI=1S/C19H24ClNO2/c1-2-22-12-6-11-21-14-17-8-3-4-10-19(17)23-15-16-7-5-9-18(20)13-16/h3-5,7-10,13,21H,2,6,11-12,14-15H2,1H3. The highest BCUT2D eigenvalue weighted by atomic mass is 35.5. The number of halogens is 1. The minimum absolute atomic E-state index is 0.516. The molecule has 0 saturated carbocycles. The summed E-state index contributed by atoms with van der Waals surface area (Å²) in [6.07, 6.45) is 1.01. The van der Waals surface area contributed by atoms with E-state index in [1.807, 2.05) is 49.4 Å². The van der Waals surface area contributed by atoms with Gasteiger partial charge >= 0.3 is 0 Å². The first kappa shape index (κ1) is 17.8. The van der Waals surface area contributed by atoms with E-state index in [1.165, 1.54) is 0 Å². The predicted octanol–water partition coefficient (Wildman–Crippen LogP) is 4.44. The Morgan fingerprint density at radius 2 is 1.96 bits per heavy atom. The Kier molecular flexibility index (Phi) is 7.95. The van der Waals surface area contributed by atoms with Crippen LogP contribution in [0.25, 0.3) is 0 Å². The third kappa shape index (κ3) is 6.61. The van der Waals surface area contributed by atoms with Gasteiger partial charge in [0, 0.05) is 30.3 Å². The summed E-state index contributed by atoms with van der Waals surface area (Å²) in [5.74, 6) is 0.907. The predicted molar refractivity (Wildman–Crippen MR) is 95.0 cm³/mol. The largest absolute Gasteiger partial charge is 0.489 e. The van der Waals surface area contributed by atoms with Gasteiger partial charge < -0.3 is 14.8 Å². The smallest absolute Gasteiger partial charge is 0.124 e. The molecule has 0 radical (unpaired) electrons. The van der Waals surface area contributed by atoms with Gasteiger partial charge in [0.15, 0.2) is 0 Å². The second kappa shape index (κ2) is 10.3. The lowest BCUT2D eigenvalue weighted by Gasteiger charge is -2.12. The summed E-state index contributed by atoms with van der Waals surface area (Å²) in [7, 11) is 0. The molecule has 0 fully saturated rings. The molecule has 0 amide bonds. The van der Waals surface area contributed by atoms with Gasteiger partial charge in [-0.25, -0.2) is 0 Å². The quantitative estimate of drug-likeness (QED) is 0.652. The van der Waals surface area contributed by atoms with E-state index in [2.05, 4.69) is 11.4 Å². The van der Waals surface area contributed by atoms with Crippen LogP contribution < -0.4 is 10.1 Å². The first-order chi connectivity index (χ1) is 11.3. The van der Waals surface area contributed by atoms with Gasteiger partial charge in [-0.1, -0.05) is 41.9 Å². The van der Waals surface area contributed by atoms with Crippen molar-refractivity contribution >= 4 is 11.6 Å². The number of hydrogen-bond acceptors (Lipinski definition) is 3. The molecule has 0 spiro atoms. The van der Waals surface area contributed by atoms with Crippen LogP contribution in [0.5, 0.6) is 5.75 Å². The second-order valence-corrected chi connectivity index (χ2v) is 5.69. The van der Waals surface area contributed by atoms with Crippen molar-refractivity contribution in [3.8, 4) is 5.75 Å². The van der Waals surface area contributed by atoms with Crippen molar-refractivity contribution in [3.05, 3.63) is 64.7 Å². The summed E-state index contributed by atoms with van der Waals surface area (Å²) in [6.45, 7) is 5.83. The van der Waals surface area contributed by atoms with Crippen LogP contribution in [0.1, 0.15) is 24.5 Å². The number of benzene rings is 2. The fraction of sp³-hybridized carbons (Fsp3) is 0.368. The normalized spacial score (nSPS) is 10.7. The van der Waals surface area contributed by atoms with E-state index in [4.69, 9.17) is 21.1 Å². The van der Waals surface area contributed by atoms with Crippen molar-refractivity contribution in [2.24, 2.45) is 0 Å². The van der Waals surface area contributed by atoms with Crippen LogP contribution in [0, 0.1) is 0 Å². The second-order valence-electron chi connectivity index (χ2n) is 5.25. The first-order valence-corrected chi connectivity index (χ1v) is 8.41. The Morgan fingerprint density at radius 1 is 1.09 bits per heavy atom. The van der Waals surface area contributed by atoms with E-state index in [0.717, 1.165) is 54.6 Å². The van der Waals surface area contributed by atoms with Gasteiger partial charge in [-0.3, -0.25) is 0 Å². The van der Waals surface area contributed by atoms with Crippen molar-refractivity contribution in [2.75, 3.05) is 19.8 Å². The van der Waals surface area contributed by atoms with Crippen molar-refractivity contribution in [2.45, 2.75) is 26.5 Å². The molecule has 0 bridgehead atoms. The molecular weight excluding hydrogens is 310 g/mol. The topological polar surface area (TPSA) is 30.5 Å². The Bertz CT molecular complexity index is 589. The summed E-state index contributed by atoms with van der Waals surface area (Å²) in [5, 5.41) is 4.16. The number of para-hydroxylation sites is 1. The summed E-state index contributed by atoms with van der Waals surface area (Å²) >= 11 is 6.00. The Balaban J connectivity index is 1.82. The summed E-state index contributed by atoms with van der Waals surface area (Å²) in [6, 6.07) is 15.9. The van der Waals surface area contributed by atoms with Gasteiger partial charge in [0.25, 0.3) is 0 Å². The van der Waals surface area contributed by atoms with Crippen molar-refractivity contribution < 1.29 is 9.47 Å². The third-order valence-corrected chi connectivity index (χ3v) is 3.65. The van der Waals surface area contributed by atoms with E-state index in [-0.39, 0.29) is 0 Å². The number of nitrogens with one attached hydrogen (secondary N) is 1. The fourth-order valence-electron chi connectivity index (χ4n) is 2.25. The maximum atomic E-state index is 6.00. The van der Waals surface area contributed by atoms with Gasteiger partial charge in [-0.05, 0) is 43.7 Å². The number of hydrogen-bond donors (Lipinski definition) is 1. The van der Waals surface area contributed by atoms with Crippen LogP contribution in [0.3, 0.4) is 0 Å². The molecule has 3 nitrogen and oxygen atoms in total. The van der Waals surface area contributed by atoms with Crippen LogP contribution in [0.15, 0.2) is 48.5 Å². The molecule has 0 aromatic heterocycles. The molecule has 0 aliphatic rings. The molecule has 0 atom stereocenters. The zero-order chi connectivity index (χ0) is 16.3. The lowest BCUT2D eigenvalue weighted by Crippen LogP contribution is -2.17. The van der Waals surface area contributed by atoms with Crippen LogP contribution in [0.2, 0.25) is 5.02 Å². The van der Waals surface area contributed by atoms with E-state index < -0.39 is 0 Å². The highest BCUT2D eigenvalue weighted by molar-refractivity contribution is 6.30. The SMILES string of the molecule is CCOCCCNCc1ccccc1OCc1cccc(Cl)c1.